The van der Waals surface area contributed by atoms with Crippen LogP contribution in [0.3, 0.4) is 0 Å². The second kappa shape index (κ2) is 12.7. The number of rotatable bonds is 4. The summed E-state index contributed by atoms with van der Waals surface area (Å²) in [6.45, 7) is 0. The van der Waals surface area contributed by atoms with Crippen molar-refractivity contribution in [1.29, 1.82) is 0 Å². The van der Waals surface area contributed by atoms with Gasteiger partial charge in [0.2, 0.25) is 0 Å². The zero-order valence-corrected chi connectivity index (χ0v) is 33.7. The molecule has 1 aliphatic rings. The molecule has 0 N–H and O–H groups in total. The summed E-state index contributed by atoms with van der Waals surface area (Å²) in [6, 6.07) is 80.9. The Hall–Kier alpha value is -8.20. The molecule has 0 fully saturated rings. The summed E-state index contributed by atoms with van der Waals surface area (Å²) in [5, 5.41) is 12.8. The zero-order valence-electron chi connectivity index (χ0n) is 33.7. The first-order valence-electron chi connectivity index (χ1n) is 21.5. The Kier molecular flexibility index (Phi) is 6.86. The van der Waals surface area contributed by atoms with Crippen LogP contribution in [0.15, 0.2) is 218 Å². The van der Waals surface area contributed by atoms with Crippen LogP contribution >= 0.6 is 0 Å². The van der Waals surface area contributed by atoms with Crippen LogP contribution in [0.1, 0.15) is 0 Å². The average molecular weight is 785 g/mol. The first-order valence-corrected chi connectivity index (χ1v) is 21.5. The van der Waals surface area contributed by atoms with Crippen molar-refractivity contribution < 1.29 is 0 Å². The molecule has 0 saturated carbocycles. The van der Waals surface area contributed by atoms with Gasteiger partial charge < -0.3 is 9.13 Å². The fraction of sp³-hybridized carbons (Fsp3) is 0. The molecule has 13 aromatic rings. The molecule has 0 radical (unpaired) electrons. The van der Waals surface area contributed by atoms with E-state index < -0.39 is 0 Å². The smallest absolute Gasteiger partial charge is 0.0625 e. The average Bonchev–Trinajstić information content (AvgIpc) is 3.99. The van der Waals surface area contributed by atoms with E-state index in [9.17, 15) is 0 Å². The molecule has 0 bridgehead atoms. The lowest BCUT2D eigenvalue weighted by molar-refractivity contribution is 1.18. The molecule has 2 nitrogen and oxygen atoms in total. The van der Waals surface area contributed by atoms with Crippen LogP contribution in [0.25, 0.3) is 132 Å². The molecule has 0 saturated heterocycles. The van der Waals surface area contributed by atoms with Crippen LogP contribution < -0.4 is 0 Å². The van der Waals surface area contributed by atoms with Gasteiger partial charge in [0.15, 0.2) is 0 Å². The zero-order chi connectivity index (χ0) is 40.5. The van der Waals surface area contributed by atoms with Gasteiger partial charge in [-0.2, -0.15) is 0 Å². The predicted molar refractivity (Wildman–Crippen MR) is 263 cm³/mol. The largest absolute Gasteiger partial charge is 0.309 e. The summed E-state index contributed by atoms with van der Waals surface area (Å²) in [6.07, 6.45) is 0. The highest BCUT2D eigenvalue weighted by atomic mass is 15.0. The third-order valence-electron chi connectivity index (χ3n) is 13.6. The van der Waals surface area contributed by atoms with E-state index in [1.54, 1.807) is 0 Å². The molecular formula is C60H36N2. The van der Waals surface area contributed by atoms with Crippen molar-refractivity contribution in [2.24, 2.45) is 0 Å². The van der Waals surface area contributed by atoms with Gasteiger partial charge >= 0.3 is 0 Å². The number of hydrogen-bond acceptors (Lipinski definition) is 0. The molecule has 2 heteroatoms. The van der Waals surface area contributed by atoms with Crippen LogP contribution in [0.4, 0.5) is 0 Å². The molecule has 0 spiro atoms. The molecule has 0 amide bonds. The molecule has 0 unspecified atom stereocenters. The van der Waals surface area contributed by atoms with Gasteiger partial charge in [0.05, 0.1) is 22.1 Å². The Labute approximate surface area is 357 Å². The first-order chi connectivity index (χ1) is 30.8. The van der Waals surface area contributed by atoms with Gasteiger partial charge in [-0.1, -0.05) is 164 Å². The van der Waals surface area contributed by atoms with Gasteiger partial charge in [-0.15, -0.1) is 0 Å². The molecule has 2 heterocycles. The monoisotopic (exact) mass is 784 g/mol. The summed E-state index contributed by atoms with van der Waals surface area (Å²) in [7, 11) is 0. The third kappa shape index (κ3) is 4.58. The summed E-state index contributed by atoms with van der Waals surface area (Å²) in [5.41, 5.74) is 17.4. The summed E-state index contributed by atoms with van der Waals surface area (Å²) in [5.74, 6) is 0. The van der Waals surface area contributed by atoms with Crippen LogP contribution in [-0.4, -0.2) is 9.13 Å². The number of benzene rings is 11. The van der Waals surface area contributed by atoms with E-state index in [-0.39, 0.29) is 0 Å². The van der Waals surface area contributed by atoms with E-state index in [1.807, 2.05) is 0 Å². The van der Waals surface area contributed by atoms with Crippen molar-refractivity contribution in [3.05, 3.63) is 218 Å². The maximum atomic E-state index is 2.51. The number of fused-ring (bicyclic) bond motifs is 14. The Balaban J connectivity index is 0.982. The molecule has 14 rings (SSSR count). The van der Waals surface area contributed by atoms with Gasteiger partial charge in [0, 0.05) is 38.3 Å². The maximum absolute atomic E-state index is 2.51. The topological polar surface area (TPSA) is 9.86 Å². The van der Waals surface area contributed by atoms with Crippen molar-refractivity contribution in [3.8, 4) is 55.9 Å². The Bertz CT molecular complexity index is 3990. The summed E-state index contributed by atoms with van der Waals surface area (Å²) in [4.78, 5) is 0. The lowest BCUT2D eigenvalue weighted by Gasteiger charge is -2.14. The highest BCUT2D eigenvalue weighted by Gasteiger charge is 2.23. The standard InChI is InChI=1S/C60H36N2/c1-2-13-40(14-3-1)61-55-24-11-10-19-47(55)53-35-38(27-33-56(53)61)39-28-34-57-54(36-39)59-50-20-8-6-17-45(50)46-18-7-9-21-52(46)60(59)62(57)41-29-25-37(26-30-41)42-31-32-51-44-16-5-4-15-43(44)49-23-12-22-48(42)58(49)51/h1-36H. The minimum Gasteiger partial charge on any atom is -0.309 e. The van der Waals surface area contributed by atoms with Gasteiger partial charge in [0.1, 0.15) is 0 Å². The van der Waals surface area contributed by atoms with Crippen molar-refractivity contribution in [3.63, 3.8) is 0 Å². The van der Waals surface area contributed by atoms with Crippen LogP contribution in [0, 0.1) is 0 Å². The molecular weight excluding hydrogens is 749 g/mol. The predicted octanol–water partition coefficient (Wildman–Crippen LogP) is 16.3. The SMILES string of the molecule is c1ccc(-n2c3ccccc3c3cc(-c4ccc5c(c4)c4c6ccccc6c6ccccc6c4n5-c4ccc(-c5ccc6c7c(cccc57)-c5ccccc5-6)cc4)ccc32)cc1. The molecule has 1 aliphatic carbocycles. The van der Waals surface area contributed by atoms with Crippen molar-refractivity contribution >= 4 is 75.9 Å². The molecule has 11 aromatic carbocycles. The van der Waals surface area contributed by atoms with Crippen LogP contribution in [0.2, 0.25) is 0 Å². The van der Waals surface area contributed by atoms with E-state index in [0.717, 1.165) is 5.69 Å². The minimum absolute atomic E-state index is 1.15. The quantitative estimate of drug-likeness (QED) is 0.157. The van der Waals surface area contributed by atoms with Gasteiger partial charge in [-0.3, -0.25) is 0 Å². The lowest BCUT2D eigenvalue weighted by atomic mass is 9.94. The summed E-state index contributed by atoms with van der Waals surface area (Å²) >= 11 is 0. The second-order valence-electron chi connectivity index (χ2n) is 16.8. The molecule has 62 heavy (non-hydrogen) atoms. The molecule has 0 atom stereocenters. The van der Waals surface area contributed by atoms with Gasteiger partial charge in [-0.25, -0.2) is 0 Å². The van der Waals surface area contributed by atoms with Crippen molar-refractivity contribution in [2.45, 2.75) is 0 Å². The Morgan fingerprint density at radius 1 is 0.226 bits per heavy atom. The van der Waals surface area contributed by atoms with Crippen LogP contribution in [-0.2, 0) is 0 Å². The number of hydrogen-bond donors (Lipinski definition) is 0. The van der Waals surface area contributed by atoms with Gasteiger partial charge in [-0.05, 0) is 126 Å². The lowest BCUT2D eigenvalue weighted by Crippen LogP contribution is -1.95. The molecule has 0 aliphatic heterocycles. The fourth-order valence-electron chi connectivity index (χ4n) is 11.0. The summed E-state index contributed by atoms with van der Waals surface area (Å²) < 4.78 is 4.89. The number of para-hydroxylation sites is 2. The highest BCUT2D eigenvalue weighted by molar-refractivity contribution is 6.32. The molecule has 286 valence electrons. The van der Waals surface area contributed by atoms with E-state index >= 15 is 0 Å². The number of nitrogens with zero attached hydrogens (tertiary/aromatic N) is 2. The second-order valence-corrected chi connectivity index (χ2v) is 16.8. The van der Waals surface area contributed by atoms with Crippen LogP contribution in [0.5, 0.6) is 0 Å². The van der Waals surface area contributed by atoms with E-state index in [2.05, 4.69) is 228 Å². The van der Waals surface area contributed by atoms with Gasteiger partial charge in [0.25, 0.3) is 0 Å². The third-order valence-corrected chi connectivity index (χ3v) is 13.6. The highest BCUT2D eigenvalue weighted by Crippen LogP contribution is 2.50. The van der Waals surface area contributed by atoms with Crippen molar-refractivity contribution in [2.75, 3.05) is 0 Å². The fourth-order valence-corrected chi connectivity index (χ4v) is 11.0. The first kappa shape index (κ1) is 33.6. The Morgan fingerprint density at radius 3 is 1.48 bits per heavy atom. The maximum Gasteiger partial charge on any atom is 0.0625 e. The van der Waals surface area contributed by atoms with E-state index in [4.69, 9.17) is 0 Å². The normalized spacial score (nSPS) is 12.2. The van der Waals surface area contributed by atoms with Crippen molar-refractivity contribution in [1.82, 2.24) is 9.13 Å². The van der Waals surface area contributed by atoms with E-state index in [1.165, 1.54) is 126 Å². The minimum atomic E-state index is 1.15. The number of aromatic nitrogens is 2. The Morgan fingerprint density at radius 2 is 0.726 bits per heavy atom. The molecule has 2 aromatic heterocycles. The van der Waals surface area contributed by atoms with E-state index in [0.29, 0.717) is 0 Å².